The highest BCUT2D eigenvalue weighted by atomic mass is 32.7. The van der Waals surface area contributed by atoms with Crippen LogP contribution in [0.15, 0.2) is 22.6 Å². The minimum absolute atomic E-state index is 0.255. The SMILES string of the molecule is PN=PP=NP=NPP(P=NP)P=NP. The third-order valence-electron chi connectivity index (χ3n) is 0.623. The largest absolute Gasteiger partial charge is 0.246 e. The van der Waals surface area contributed by atoms with Gasteiger partial charge in [0, 0.05) is 0 Å². The zero-order chi connectivity index (χ0) is 11.4. The Morgan fingerprint density at radius 3 is 2.13 bits per heavy atom. The summed E-state index contributed by atoms with van der Waals surface area (Å²) in [5.74, 6) is 0. The van der Waals surface area contributed by atoms with Crippen molar-refractivity contribution in [1.29, 1.82) is 0 Å². The molecule has 0 spiro atoms. The van der Waals surface area contributed by atoms with E-state index in [1.165, 1.54) is 0 Å². The van der Waals surface area contributed by atoms with Crippen LogP contribution >= 0.6 is 84.3 Å². The second-order valence-electron chi connectivity index (χ2n) is 1.37. The molecule has 0 radical (unpaired) electrons. The Morgan fingerprint density at radius 2 is 1.60 bits per heavy atom. The van der Waals surface area contributed by atoms with Gasteiger partial charge in [-0.25, -0.2) is 18.1 Å². The lowest BCUT2D eigenvalue weighted by molar-refractivity contribution is 1.97. The molecule has 0 amide bonds. The van der Waals surface area contributed by atoms with Crippen molar-refractivity contribution in [1.82, 2.24) is 0 Å². The molecule has 0 aliphatic carbocycles. The van der Waals surface area contributed by atoms with E-state index in [1.54, 1.807) is 0 Å². The van der Waals surface area contributed by atoms with Gasteiger partial charge in [0.15, 0.2) is 8.52 Å². The summed E-state index contributed by atoms with van der Waals surface area (Å²) in [4.78, 5) is 0. The van der Waals surface area contributed by atoms with Gasteiger partial charge in [-0.1, -0.05) is 0 Å². The quantitative estimate of drug-likeness (QED) is 0.421. The molecule has 0 fully saturated rings. The van der Waals surface area contributed by atoms with Gasteiger partial charge in [0.25, 0.3) is 0 Å². The van der Waals surface area contributed by atoms with Crippen LogP contribution in [0.3, 0.4) is 0 Å². The van der Waals surface area contributed by atoms with Gasteiger partial charge < -0.3 is 0 Å². The van der Waals surface area contributed by atoms with E-state index in [2.05, 4.69) is 50.7 Å². The topological polar surface area (TPSA) is 61.8 Å². The number of hydrogen-bond acceptors (Lipinski definition) is 4. The van der Waals surface area contributed by atoms with Crippen LogP contribution in [0.25, 0.3) is 0 Å². The summed E-state index contributed by atoms with van der Waals surface area (Å²) in [6.07, 6.45) is 0. The fourth-order valence-corrected chi connectivity index (χ4v) is 15.4. The molecule has 0 aliphatic heterocycles. The Kier molecular flexibility index (Phi) is 17.3. The predicted molar refractivity (Wildman–Crippen MR) is 91.1 cm³/mol. The molecule has 4 atom stereocenters. The highest BCUT2D eigenvalue weighted by molar-refractivity contribution is 8.71. The smallest absolute Gasteiger partial charge is 0.157 e. The standard InChI is InChI=1S/H7N5P10/c6-1-10-11-4-9-5-14-15(12-2-7)13-3-8/h14H,6-8H2. The van der Waals surface area contributed by atoms with Crippen LogP contribution in [0.1, 0.15) is 0 Å². The van der Waals surface area contributed by atoms with Gasteiger partial charge in [-0.15, -0.1) is 0 Å². The zero-order valence-corrected chi connectivity index (χ0v) is 17.0. The minimum atomic E-state index is -0.255. The zero-order valence-electron chi connectivity index (χ0n) is 7.15. The van der Waals surface area contributed by atoms with Crippen LogP contribution in [-0.2, 0) is 0 Å². The van der Waals surface area contributed by atoms with Gasteiger partial charge >= 0.3 is 0 Å². The number of hydrogen-bond donors (Lipinski definition) is 0. The molecule has 0 heterocycles. The van der Waals surface area contributed by atoms with Gasteiger partial charge in [0.05, 0.1) is 47.7 Å². The van der Waals surface area contributed by atoms with Crippen molar-refractivity contribution in [3.63, 3.8) is 0 Å². The van der Waals surface area contributed by atoms with E-state index in [-0.39, 0.29) is 6.99 Å². The minimum Gasteiger partial charge on any atom is -0.246 e. The molecule has 0 aliphatic rings. The molecular formula is H7N5P10. The van der Waals surface area contributed by atoms with Crippen molar-refractivity contribution in [3.8, 4) is 0 Å². The molecule has 0 rings (SSSR count). The van der Waals surface area contributed by atoms with Gasteiger partial charge in [-0.2, -0.15) is 4.52 Å². The maximum absolute atomic E-state index is 4.33. The highest BCUT2D eigenvalue weighted by Gasteiger charge is 2.01. The lowest BCUT2D eigenvalue weighted by Gasteiger charge is -1.95. The molecule has 15 heteroatoms. The maximum Gasteiger partial charge on any atom is 0.157 e. The van der Waals surface area contributed by atoms with E-state index in [0.717, 1.165) is 40.8 Å². The molecule has 82 valence electrons. The molecule has 5 nitrogen and oxygen atoms in total. The van der Waals surface area contributed by atoms with Gasteiger partial charge in [-0.3, -0.25) is 0 Å². The van der Waals surface area contributed by atoms with Crippen molar-refractivity contribution < 1.29 is 0 Å². The Hall–Kier alpha value is 2.65. The molecule has 0 aromatic rings. The third kappa shape index (κ3) is 12.9. The van der Waals surface area contributed by atoms with E-state index in [9.17, 15) is 0 Å². The van der Waals surface area contributed by atoms with Crippen LogP contribution in [0.5, 0.6) is 0 Å². The first-order valence-electron chi connectivity index (χ1n) is 3.02. The summed E-state index contributed by atoms with van der Waals surface area (Å²) in [5, 5.41) is 0. The summed E-state index contributed by atoms with van der Waals surface area (Å²) in [5.41, 5.74) is 0. The fourth-order valence-electron chi connectivity index (χ4n) is 0.295. The van der Waals surface area contributed by atoms with Crippen molar-refractivity contribution in [2.75, 3.05) is 0 Å². The van der Waals surface area contributed by atoms with Crippen molar-refractivity contribution in [3.05, 3.63) is 0 Å². The molecule has 0 saturated carbocycles. The molecule has 4 unspecified atom stereocenters. The summed E-state index contributed by atoms with van der Waals surface area (Å²) in [6, 6.07) is 0. The lowest BCUT2D eigenvalue weighted by atomic mass is 13.9. The number of rotatable bonds is 6. The summed E-state index contributed by atoms with van der Waals surface area (Å²) in [7, 11) is 12.4. The second kappa shape index (κ2) is 14.7. The molecule has 0 bridgehead atoms. The van der Waals surface area contributed by atoms with Crippen molar-refractivity contribution in [2.24, 2.45) is 22.6 Å². The van der Waals surface area contributed by atoms with Crippen LogP contribution in [-0.4, -0.2) is 0 Å². The third-order valence-corrected chi connectivity index (χ3v) is 14.6. The molecule has 0 N–H and O–H groups in total. The van der Waals surface area contributed by atoms with Crippen LogP contribution < -0.4 is 0 Å². The first-order valence-corrected chi connectivity index (χ1v) is 14.0. The van der Waals surface area contributed by atoms with Crippen LogP contribution in [0.4, 0.5) is 0 Å². The Bertz CT molecular complexity index is 264. The van der Waals surface area contributed by atoms with Gasteiger partial charge in [-0.05, 0) is 28.2 Å². The highest BCUT2D eigenvalue weighted by Crippen LogP contribution is 2.76. The summed E-state index contributed by atoms with van der Waals surface area (Å²) < 4.78 is 20.3. The van der Waals surface area contributed by atoms with Crippen LogP contribution in [0.2, 0.25) is 0 Å². The van der Waals surface area contributed by atoms with E-state index in [0.29, 0.717) is 8.42 Å². The van der Waals surface area contributed by atoms with Gasteiger partial charge in [0.2, 0.25) is 0 Å². The first-order chi connectivity index (χ1) is 7.35. The Morgan fingerprint density at radius 1 is 0.933 bits per heavy atom. The predicted octanol–water partition coefficient (Wildman–Crippen LogP) is 7.66. The molecule has 0 saturated heterocycles. The van der Waals surface area contributed by atoms with E-state index < -0.39 is 0 Å². The molecule has 0 aromatic carbocycles. The summed E-state index contributed by atoms with van der Waals surface area (Å²) in [6.45, 7) is -0.255. The normalized spacial score (nSPS) is 16.5. The molecule has 0 aromatic heterocycles. The Balaban J connectivity index is 3.98. The first kappa shape index (κ1) is 17.6. The average molecular weight is 387 g/mol. The van der Waals surface area contributed by atoms with E-state index in [1.807, 2.05) is 0 Å². The van der Waals surface area contributed by atoms with E-state index >= 15 is 0 Å². The van der Waals surface area contributed by atoms with E-state index in [4.69, 9.17) is 0 Å². The number of nitrogens with zero attached hydrogens (tertiary/aromatic N) is 5. The Labute approximate surface area is 107 Å². The lowest BCUT2D eigenvalue weighted by Crippen LogP contribution is -1.26. The monoisotopic (exact) mass is 387 g/mol. The van der Waals surface area contributed by atoms with Gasteiger partial charge in [0.1, 0.15) is 0 Å². The molecule has 15 heavy (non-hydrogen) atoms. The molecular weight excluding hydrogens is 380 g/mol. The fraction of sp³-hybridized carbons (Fsp3) is 0. The van der Waals surface area contributed by atoms with Crippen molar-refractivity contribution in [2.45, 2.75) is 0 Å². The van der Waals surface area contributed by atoms with Crippen LogP contribution in [0, 0.1) is 0 Å². The van der Waals surface area contributed by atoms with Crippen molar-refractivity contribution >= 4 is 84.3 Å². The average Bonchev–Trinajstić information content (AvgIpc) is 2.24. The maximum atomic E-state index is 4.33. The second-order valence-corrected chi connectivity index (χ2v) is 17.0. The summed E-state index contributed by atoms with van der Waals surface area (Å²) >= 11 is 0.